The predicted molar refractivity (Wildman–Crippen MR) is 104 cm³/mol. The highest BCUT2D eigenvalue weighted by Crippen LogP contribution is 2.28. The van der Waals surface area contributed by atoms with Gasteiger partial charge in [-0.05, 0) is 37.0 Å². The van der Waals surface area contributed by atoms with Crippen LogP contribution >= 0.6 is 0 Å². The number of benzene rings is 1. The molecule has 0 saturated heterocycles. The van der Waals surface area contributed by atoms with E-state index in [1.165, 1.54) is 32.1 Å². The van der Waals surface area contributed by atoms with Crippen molar-refractivity contribution >= 4 is 22.9 Å². The number of oxazole rings is 1. The largest absolute Gasteiger partial charge is 0.457 e. The summed E-state index contributed by atoms with van der Waals surface area (Å²) >= 11 is 0. The summed E-state index contributed by atoms with van der Waals surface area (Å²) in [5.74, 6) is 1.79. The number of nitrogens with two attached hydrogens (primary N) is 1. The fraction of sp³-hybridized carbons (Fsp3) is 0.350. The summed E-state index contributed by atoms with van der Waals surface area (Å²) in [6.45, 7) is 0.904. The number of nitrogens with zero attached hydrogens (tertiary/aromatic N) is 2. The lowest BCUT2D eigenvalue weighted by Crippen LogP contribution is -2.17. The molecule has 27 heavy (non-hydrogen) atoms. The number of anilines is 1. The molecule has 0 bridgehead atoms. The molecule has 7 heteroatoms. The summed E-state index contributed by atoms with van der Waals surface area (Å²) in [6.07, 6.45) is 8.11. The van der Waals surface area contributed by atoms with Gasteiger partial charge in [-0.15, -0.1) is 0 Å². The highest BCUT2D eigenvalue weighted by Gasteiger charge is 2.14. The lowest BCUT2D eigenvalue weighted by atomic mass is 9.89. The van der Waals surface area contributed by atoms with Crippen molar-refractivity contribution in [2.24, 2.45) is 11.7 Å². The molecule has 1 saturated carbocycles. The van der Waals surface area contributed by atoms with Crippen LogP contribution in [0.4, 0.5) is 6.01 Å². The minimum absolute atomic E-state index is 0.0974. The number of nitrogens with one attached hydrogen (secondary N) is 2. The molecule has 4 N–H and O–H groups in total. The van der Waals surface area contributed by atoms with Crippen molar-refractivity contribution in [3.8, 4) is 11.5 Å². The summed E-state index contributed by atoms with van der Waals surface area (Å²) in [5, 5.41) is 10.8. The van der Waals surface area contributed by atoms with Crippen LogP contribution in [0.5, 0.6) is 11.5 Å². The molecule has 2 heterocycles. The van der Waals surface area contributed by atoms with Gasteiger partial charge < -0.3 is 20.2 Å². The maximum absolute atomic E-state index is 7.47. The van der Waals surface area contributed by atoms with Gasteiger partial charge in [-0.2, -0.15) is 4.98 Å². The Morgan fingerprint density at radius 2 is 2.00 bits per heavy atom. The SMILES string of the molecule is N=C(N)c1cc(Oc2ccc3nc(NCC4CCCCC4)oc3c2)ccn1. The number of amidine groups is 1. The second-order valence-corrected chi connectivity index (χ2v) is 6.93. The third-order valence-corrected chi connectivity index (χ3v) is 4.87. The summed E-state index contributed by atoms with van der Waals surface area (Å²) in [5.41, 5.74) is 7.30. The predicted octanol–water partition coefficient (Wildman–Crippen LogP) is 4.29. The van der Waals surface area contributed by atoms with E-state index in [-0.39, 0.29) is 5.84 Å². The first-order valence-electron chi connectivity index (χ1n) is 9.30. The van der Waals surface area contributed by atoms with Crippen LogP contribution in [-0.4, -0.2) is 22.3 Å². The Morgan fingerprint density at radius 3 is 2.81 bits per heavy atom. The Kier molecular flexibility index (Phi) is 4.91. The topological polar surface area (TPSA) is 110 Å². The van der Waals surface area contributed by atoms with Crippen molar-refractivity contribution < 1.29 is 9.15 Å². The van der Waals surface area contributed by atoms with E-state index in [1.807, 2.05) is 18.2 Å². The molecule has 2 aromatic heterocycles. The average Bonchev–Trinajstić information content (AvgIpc) is 3.09. The number of hydrogen-bond acceptors (Lipinski definition) is 6. The molecule has 3 aromatic rings. The van der Waals surface area contributed by atoms with Gasteiger partial charge in [-0.1, -0.05) is 19.3 Å². The normalized spacial score (nSPS) is 15.0. The van der Waals surface area contributed by atoms with Crippen LogP contribution < -0.4 is 15.8 Å². The van der Waals surface area contributed by atoms with Gasteiger partial charge >= 0.3 is 0 Å². The first kappa shape index (κ1) is 17.3. The first-order chi connectivity index (χ1) is 13.2. The Morgan fingerprint density at radius 1 is 1.19 bits per heavy atom. The molecule has 1 fully saturated rings. The molecule has 1 aliphatic carbocycles. The molecular formula is C20H23N5O2. The van der Waals surface area contributed by atoms with E-state index >= 15 is 0 Å². The molecule has 0 unspecified atom stereocenters. The Labute approximate surface area is 157 Å². The number of ether oxygens (including phenoxy) is 1. The van der Waals surface area contributed by atoms with Crippen molar-refractivity contribution in [2.45, 2.75) is 32.1 Å². The lowest BCUT2D eigenvalue weighted by Gasteiger charge is -2.21. The fourth-order valence-corrected chi connectivity index (χ4v) is 3.42. The summed E-state index contributed by atoms with van der Waals surface area (Å²) in [6, 6.07) is 9.41. The van der Waals surface area contributed by atoms with E-state index in [9.17, 15) is 0 Å². The second kappa shape index (κ2) is 7.65. The zero-order valence-electron chi connectivity index (χ0n) is 15.1. The van der Waals surface area contributed by atoms with E-state index in [1.54, 1.807) is 18.3 Å². The molecule has 7 nitrogen and oxygen atoms in total. The van der Waals surface area contributed by atoms with Crippen molar-refractivity contribution in [3.05, 3.63) is 42.2 Å². The molecule has 140 valence electrons. The van der Waals surface area contributed by atoms with E-state index < -0.39 is 0 Å². The number of nitrogen functional groups attached to an aromatic ring is 1. The summed E-state index contributed by atoms with van der Waals surface area (Å²) < 4.78 is 11.7. The molecule has 0 atom stereocenters. The van der Waals surface area contributed by atoms with Gasteiger partial charge in [0.2, 0.25) is 0 Å². The third kappa shape index (κ3) is 4.19. The molecule has 0 spiro atoms. The van der Waals surface area contributed by atoms with Crippen molar-refractivity contribution in [1.82, 2.24) is 9.97 Å². The van der Waals surface area contributed by atoms with E-state index in [4.69, 9.17) is 20.3 Å². The van der Waals surface area contributed by atoms with E-state index in [0.29, 0.717) is 34.7 Å². The summed E-state index contributed by atoms with van der Waals surface area (Å²) in [4.78, 5) is 8.52. The van der Waals surface area contributed by atoms with Crippen LogP contribution in [0.15, 0.2) is 40.9 Å². The van der Waals surface area contributed by atoms with Gasteiger partial charge in [0.1, 0.15) is 28.5 Å². The molecule has 1 aliphatic rings. The van der Waals surface area contributed by atoms with Crippen LogP contribution in [0.25, 0.3) is 11.1 Å². The van der Waals surface area contributed by atoms with Crippen LogP contribution in [0.3, 0.4) is 0 Å². The zero-order valence-corrected chi connectivity index (χ0v) is 15.1. The van der Waals surface area contributed by atoms with E-state index in [0.717, 1.165) is 12.1 Å². The fourth-order valence-electron chi connectivity index (χ4n) is 3.42. The number of rotatable bonds is 6. The van der Waals surface area contributed by atoms with Gasteiger partial charge in [0.05, 0.1) is 0 Å². The Hall–Kier alpha value is -3.09. The van der Waals surface area contributed by atoms with Crippen molar-refractivity contribution in [2.75, 3.05) is 11.9 Å². The van der Waals surface area contributed by atoms with Crippen LogP contribution in [0.2, 0.25) is 0 Å². The van der Waals surface area contributed by atoms with Gasteiger partial charge in [-0.25, -0.2) is 0 Å². The van der Waals surface area contributed by atoms with Crippen LogP contribution in [0.1, 0.15) is 37.8 Å². The van der Waals surface area contributed by atoms with E-state index in [2.05, 4.69) is 15.3 Å². The molecule has 0 radical (unpaired) electrons. The minimum atomic E-state index is -0.0974. The highest BCUT2D eigenvalue weighted by molar-refractivity contribution is 5.93. The zero-order chi connectivity index (χ0) is 18.6. The Balaban J connectivity index is 1.45. The molecule has 0 amide bonds. The monoisotopic (exact) mass is 365 g/mol. The molecule has 4 rings (SSSR count). The number of aromatic nitrogens is 2. The van der Waals surface area contributed by atoms with Gasteiger partial charge in [0.15, 0.2) is 5.58 Å². The van der Waals surface area contributed by atoms with Gasteiger partial charge in [0, 0.05) is 24.9 Å². The molecule has 1 aromatic carbocycles. The smallest absolute Gasteiger partial charge is 0.295 e. The standard InChI is InChI=1S/C20H23N5O2/c21-19(22)17-10-15(8-9-23-17)26-14-6-7-16-18(11-14)27-20(25-16)24-12-13-4-2-1-3-5-13/h6-11,13H,1-5,12H2,(H3,21,22)(H,24,25). The highest BCUT2D eigenvalue weighted by atomic mass is 16.5. The van der Waals surface area contributed by atoms with Crippen molar-refractivity contribution in [3.63, 3.8) is 0 Å². The third-order valence-electron chi connectivity index (χ3n) is 4.87. The molecular weight excluding hydrogens is 342 g/mol. The average molecular weight is 365 g/mol. The quantitative estimate of drug-likeness (QED) is 0.444. The van der Waals surface area contributed by atoms with Gasteiger partial charge in [-0.3, -0.25) is 10.4 Å². The Bertz CT molecular complexity index is 946. The number of hydrogen-bond donors (Lipinski definition) is 3. The van der Waals surface area contributed by atoms with Crippen LogP contribution in [0, 0.1) is 11.3 Å². The maximum Gasteiger partial charge on any atom is 0.295 e. The number of fused-ring (bicyclic) bond motifs is 1. The number of pyridine rings is 1. The minimum Gasteiger partial charge on any atom is -0.457 e. The van der Waals surface area contributed by atoms with Gasteiger partial charge in [0.25, 0.3) is 6.01 Å². The van der Waals surface area contributed by atoms with Crippen molar-refractivity contribution in [1.29, 1.82) is 5.41 Å². The van der Waals surface area contributed by atoms with Crippen LogP contribution in [-0.2, 0) is 0 Å². The summed E-state index contributed by atoms with van der Waals surface area (Å²) in [7, 11) is 0. The maximum atomic E-state index is 7.47. The molecule has 0 aliphatic heterocycles. The first-order valence-corrected chi connectivity index (χ1v) is 9.30. The second-order valence-electron chi connectivity index (χ2n) is 6.93. The lowest BCUT2D eigenvalue weighted by molar-refractivity contribution is 0.371.